The molecule has 2 amide bonds. The van der Waals surface area contributed by atoms with E-state index in [9.17, 15) is 9.59 Å². The van der Waals surface area contributed by atoms with Gasteiger partial charge < -0.3 is 15.3 Å². The van der Waals surface area contributed by atoms with E-state index >= 15 is 0 Å². The van der Waals surface area contributed by atoms with Crippen LogP contribution in [0.1, 0.15) is 47.5 Å². The number of carboxylic acids is 1. The van der Waals surface area contributed by atoms with E-state index in [0.717, 1.165) is 6.42 Å². The Labute approximate surface area is 121 Å². The fourth-order valence-corrected chi connectivity index (χ4v) is 2.58. The average molecular weight is 284 g/mol. The summed E-state index contributed by atoms with van der Waals surface area (Å²) in [4.78, 5) is 25.1. The van der Waals surface area contributed by atoms with Crippen molar-refractivity contribution in [3.05, 3.63) is 0 Å². The van der Waals surface area contributed by atoms with E-state index in [1.54, 1.807) is 4.90 Å². The number of carbonyl (C=O) groups excluding carboxylic acids is 1. The lowest BCUT2D eigenvalue weighted by Crippen LogP contribution is -2.48. The Morgan fingerprint density at radius 1 is 1.35 bits per heavy atom. The topological polar surface area (TPSA) is 69.6 Å². The lowest BCUT2D eigenvalue weighted by molar-refractivity contribution is -0.139. The maximum atomic E-state index is 12.2. The fraction of sp³-hybridized carbons (Fsp3) is 0.867. The zero-order valence-corrected chi connectivity index (χ0v) is 13.3. The van der Waals surface area contributed by atoms with Crippen LogP contribution in [-0.4, -0.2) is 41.1 Å². The highest BCUT2D eigenvalue weighted by Crippen LogP contribution is 2.33. The Morgan fingerprint density at radius 2 is 1.95 bits per heavy atom. The number of aliphatic carboxylic acids is 1. The van der Waals surface area contributed by atoms with E-state index in [-0.39, 0.29) is 17.4 Å². The highest BCUT2D eigenvalue weighted by Gasteiger charge is 2.34. The van der Waals surface area contributed by atoms with E-state index in [4.69, 9.17) is 5.11 Å². The molecule has 5 heteroatoms. The number of carboxylic acid groups (broad SMARTS) is 1. The number of carbonyl (C=O) groups is 2. The van der Waals surface area contributed by atoms with Gasteiger partial charge in [-0.2, -0.15) is 0 Å². The largest absolute Gasteiger partial charge is 0.480 e. The molecule has 1 rings (SSSR count). The number of nitrogens with one attached hydrogen (secondary N) is 1. The summed E-state index contributed by atoms with van der Waals surface area (Å²) in [5, 5.41) is 11.8. The van der Waals surface area contributed by atoms with Crippen molar-refractivity contribution in [1.82, 2.24) is 10.2 Å². The predicted molar refractivity (Wildman–Crippen MR) is 78.5 cm³/mol. The molecule has 1 aliphatic rings. The molecule has 0 bridgehead atoms. The van der Waals surface area contributed by atoms with Gasteiger partial charge in [0.1, 0.15) is 6.04 Å². The van der Waals surface area contributed by atoms with Gasteiger partial charge in [0.15, 0.2) is 0 Å². The average Bonchev–Trinajstić information content (AvgIpc) is 2.75. The number of nitrogens with zero attached hydrogens (tertiary/aromatic N) is 1. The van der Waals surface area contributed by atoms with Gasteiger partial charge in [0, 0.05) is 13.1 Å². The third kappa shape index (κ3) is 4.69. The normalized spacial score (nSPS) is 21.1. The molecule has 0 aliphatic carbocycles. The lowest BCUT2D eigenvalue weighted by Gasteiger charge is -2.27. The van der Waals surface area contributed by atoms with E-state index in [0.29, 0.717) is 25.4 Å². The molecule has 2 atom stereocenters. The van der Waals surface area contributed by atoms with Crippen LogP contribution in [-0.2, 0) is 4.79 Å². The molecule has 1 unspecified atom stereocenters. The van der Waals surface area contributed by atoms with Crippen molar-refractivity contribution in [2.24, 2.45) is 17.3 Å². The van der Waals surface area contributed by atoms with Crippen LogP contribution in [0.5, 0.6) is 0 Å². The summed E-state index contributed by atoms with van der Waals surface area (Å²) < 4.78 is 0. The molecule has 20 heavy (non-hydrogen) atoms. The van der Waals surface area contributed by atoms with Crippen molar-refractivity contribution in [3.63, 3.8) is 0 Å². The van der Waals surface area contributed by atoms with Crippen LogP contribution in [0.25, 0.3) is 0 Å². The quantitative estimate of drug-likeness (QED) is 0.833. The minimum atomic E-state index is -0.960. The Bertz CT molecular complexity index is 361. The maximum Gasteiger partial charge on any atom is 0.326 e. The second-order valence-electron chi connectivity index (χ2n) is 7.27. The number of likely N-dealkylation sites (tertiary alicyclic amines) is 1. The van der Waals surface area contributed by atoms with Gasteiger partial charge in [-0.25, -0.2) is 9.59 Å². The first-order valence-electron chi connectivity index (χ1n) is 7.39. The Hall–Kier alpha value is -1.26. The molecule has 1 aliphatic heterocycles. The molecule has 1 saturated heterocycles. The molecule has 1 fully saturated rings. The van der Waals surface area contributed by atoms with Crippen LogP contribution in [0.3, 0.4) is 0 Å². The highest BCUT2D eigenvalue weighted by molar-refractivity contribution is 5.82. The second-order valence-corrected chi connectivity index (χ2v) is 7.27. The smallest absolute Gasteiger partial charge is 0.326 e. The number of hydrogen-bond acceptors (Lipinski definition) is 2. The van der Waals surface area contributed by atoms with Gasteiger partial charge in [0.2, 0.25) is 0 Å². The van der Waals surface area contributed by atoms with Crippen LogP contribution >= 0.6 is 0 Å². The standard InChI is InChI=1S/C15H28N2O3/c1-10(2)8-12(13(18)19)16-14(20)17-7-6-11(9-17)15(3,4)5/h10-12H,6-9H2,1-5H3,(H,16,20)(H,18,19)/t11?,12-/m1/s1. The van der Waals surface area contributed by atoms with Crippen molar-refractivity contribution < 1.29 is 14.7 Å². The highest BCUT2D eigenvalue weighted by atomic mass is 16.4. The van der Waals surface area contributed by atoms with Gasteiger partial charge in [-0.15, -0.1) is 0 Å². The van der Waals surface area contributed by atoms with Crippen molar-refractivity contribution in [2.45, 2.75) is 53.5 Å². The molecule has 0 saturated carbocycles. The zero-order chi connectivity index (χ0) is 15.5. The van der Waals surface area contributed by atoms with Gasteiger partial charge >= 0.3 is 12.0 Å². The Balaban J connectivity index is 2.56. The first kappa shape index (κ1) is 16.8. The van der Waals surface area contributed by atoms with Crippen LogP contribution in [0, 0.1) is 17.3 Å². The molecule has 116 valence electrons. The van der Waals surface area contributed by atoms with Crippen molar-refractivity contribution in [2.75, 3.05) is 13.1 Å². The van der Waals surface area contributed by atoms with Crippen LogP contribution in [0.15, 0.2) is 0 Å². The van der Waals surface area contributed by atoms with Gasteiger partial charge in [0.05, 0.1) is 0 Å². The van der Waals surface area contributed by atoms with Gasteiger partial charge in [-0.05, 0) is 30.1 Å². The summed E-state index contributed by atoms with van der Waals surface area (Å²) in [5.74, 6) is -0.252. The molecule has 0 spiro atoms. The summed E-state index contributed by atoms with van der Waals surface area (Å²) in [6.45, 7) is 11.9. The minimum absolute atomic E-state index is 0.180. The molecule has 1 heterocycles. The zero-order valence-electron chi connectivity index (χ0n) is 13.3. The number of amides is 2. The molecule has 0 radical (unpaired) electrons. The van der Waals surface area contributed by atoms with Crippen LogP contribution in [0.2, 0.25) is 0 Å². The van der Waals surface area contributed by atoms with Gasteiger partial charge in [-0.1, -0.05) is 34.6 Å². The number of urea groups is 1. The molecular weight excluding hydrogens is 256 g/mol. The van der Waals surface area contributed by atoms with Crippen molar-refractivity contribution in [3.8, 4) is 0 Å². The predicted octanol–water partition coefficient (Wildman–Crippen LogP) is 2.56. The van der Waals surface area contributed by atoms with E-state index < -0.39 is 12.0 Å². The molecule has 0 aromatic heterocycles. The fourth-order valence-electron chi connectivity index (χ4n) is 2.58. The summed E-state index contributed by atoms with van der Waals surface area (Å²) >= 11 is 0. The Kier molecular flexibility index (Phi) is 5.42. The third-order valence-electron chi connectivity index (χ3n) is 4.00. The summed E-state index contributed by atoms with van der Waals surface area (Å²) in [7, 11) is 0. The molecule has 0 aromatic carbocycles. The molecule has 0 aromatic rings. The van der Waals surface area contributed by atoms with E-state index in [1.165, 1.54) is 0 Å². The van der Waals surface area contributed by atoms with Crippen LogP contribution < -0.4 is 5.32 Å². The van der Waals surface area contributed by atoms with Crippen molar-refractivity contribution in [1.29, 1.82) is 0 Å². The SMILES string of the molecule is CC(C)C[C@@H](NC(=O)N1CCC(C(C)(C)C)C1)C(=O)O. The molecule has 2 N–H and O–H groups in total. The summed E-state index contributed by atoms with van der Waals surface area (Å²) in [5.41, 5.74) is 0.180. The summed E-state index contributed by atoms with van der Waals surface area (Å²) in [6.07, 6.45) is 1.44. The summed E-state index contributed by atoms with van der Waals surface area (Å²) in [6, 6.07) is -1.04. The monoisotopic (exact) mass is 284 g/mol. The van der Waals surface area contributed by atoms with Gasteiger partial charge in [-0.3, -0.25) is 0 Å². The number of rotatable bonds is 4. The van der Waals surface area contributed by atoms with Gasteiger partial charge in [0.25, 0.3) is 0 Å². The van der Waals surface area contributed by atoms with E-state index in [2.05, 4.69) is 26.1 Å². The maximum absolute atomic E-state index is 12.2. The molecular formula is C15H28N2O3. The second kappa shape index (κ2) is 6.46. The first-order chi connectivity index (χ1) is 9.11. The van der Waals surface area contributed by atoms with Crippen LogP contribution in [0.4, 0.5) is 4.79 Å². The van der Waals surface area contributed by atoms with Crippen molar-refractivity contribution >= 4 is 12.0 Å². The molecule has 5 nitrogen and oxygen atoms in total. The Morgan fingerprint density at radius 3 is 2.35 bits per heavy atom. The first-order valence-corrected chi connectivity index (χ1v) is 7.39. The minimum Gasteiger partial charge on any atom is -0.480 e. The third-order valence-corrected chi connectivity index (χ3v) is 4.00. The number of hydrogen-bond donors (Lipinski definition) is 2. The lowest BCUT2D eigenvalue weighted by atomic mass is 9.80. The van der Waals surface area contributed by atoms with E-state index in [1.807, 2.05) is 13.8 Å².